The lowest BCUT2D eigenvalue weighted by Crippen LogP contribution is -2.57. The van der Waals surface area contributed by atoms with Crippen LogP contribution >= 0.6 is 12.4 Å². The van der Waals surface area contributed by atoms with Crippen LogP contribution in [-0.4, -0.2) is 46.8 Å². The summed E-state index contributed by atoms with van der Waals surface area (Å²) in [5, 5.41) is 7.41. The van der Waals surface area contributed by atoms with Crippen molar-refractivity contribution in [1.82, 2.24) is 20.0 Å². The number of nitrogens with one attached hydrogen (secondary N) is 1. The lowest BCUT2D eigenvalue weighted by Gasteiger charge is -2.35. The van der Waals surface area contributed by atoms with Crippen LogP contribution in [0.1, 0.15) is 10.4 Å². The highest BCUT2D eigenvalue weighted by atomic mass is 35.5. The average Bonchev–Trinajstić information content (AvgIpc) is 2.86. The highest BCUT2D eigenvalue weighted by Gasteiger charge is 2.26. The van der Waals surface area contributed by atoms with Gasteiger partial charge >= 0.3 is 0 Å². The van der Waals surface area contributed by atoms with Crippen LogP contribution in [-0.2, 0) is 0 Å². The van der Waals surface area contributed by atoms with Gasteiger partial charge in [-0.3, -0.25) is 4.79 Å². The molecule has 0 atom stereocenters. The first-order valence-electron chi connectivity index (χ1n) is 6.33. The van der Waals surface area contributed by atoms with E-state index in [4.69, 9.17) is 0 Å². The van der Waals surface area contributed by atoms with E-state index in [-0.39, 0.29) is 18.3 Å². The molecule has 1 amide bonds. The van der Waals surface area contributed by atoms with Crippen molar-refractivity contribution in [2.45, 2.75) is 6.04 Å². The summed E-state index contributed by atoms with van der Waals surface area (Å²) in [5.41, 5.74) is 1.58. The molecule has 106 valence electrons. The fourth-order valence-electron chi connectivity index (χ4n) is 2.07. The van der Waals surface area contributed by atoms with Crippen LogP contribution in [0.4, 0.5) is 0 Å². The quantitative estimate of drug-likeness (QED) is 0.929. The minimum atomic E-state index is 0. The Hall–Kier alpha value is -1.85. The highest BCUT2D eigenvalue weighted by Crippen LogP contribution is 2.11. The van der Waals surface area contributed by atoms with Gasteiger partial charge in [0.2, 0.25) is 0 Å². The maximum atomic E-state index is 12.3. The predicted octanol–water partition coefficient (Wildman–Crippen LogP) is 1.34. The molecule has 6 heteroatoms. The van der Waals surface area contributed by atoms with Crippen LogP contribution in [0.5, 0.6) is 0 Å². The van der Waals surface area contributed by atoms with E-state index in [0.29, 0.717) is 11.6 Å². The average molecular weight is 293 g/mol. The molecule has 0 saturated carbocycles. The van der Waals surface area contributed by atoms with Gasteiger partial charge in [0.15, 0.2) is 0 Å². The smallest absolute Gasteiger partial charge is 0.257 e. The molecule has 2 heterocycles. The summed E-state index contributed by atoms with van der Waals surface area (Å²) < 4.78 is 1.72. The molecule has 1 fully saturated rings. The van der Waals surface area contributed by atoms with Crippen molar-refractivity contribution >= 4 is 18.3 Å². The first kappa shape index (κ1) is 14.6. The Labute approximate surface area is 124 Å². The molecule has 1 N–H and O–H groups in total. The molecule has 5 nitrogen and oxygen atoms in total. The second-order valence-corrected chi connectivity index (χ2v) is 4.74. The van der Waals surface area contributed by atoms with Crippen molar-refractivity contribution < 1.29 is 4.79 Å². The monoisotopic (exact) mass is 292 g/mol. The van der Waals surface area contributed by atoms with Gasteiger partial charge in [0, 0.05) is 26.3 Å². The second-order valence-electron chi connectivity index (χ2n) is 4.74. The highest BCUT2D eigenvalue weighted by molar-refractivity contribution is 5.94. The molecule has 20 heavy (non-hydrogen) atoms. The third kappa shape index (κ3) is 2.69. The third-order valence-corrected chi connectivity index (χ3v) is 3.48. The van der Waals surface area contributed by atoms with E-state index >= 15 is 0 Å². The molecule has 0 unspecified atom stereocenters. The van der Waals surface area contributed by atoms with Crippen LogP contribution in [0.25, 0.3) is 5.69 Å². The molecule has 0 bridgehead atoms. The summed E-state index contributed by atoms with van der Waals surface area (Å²) in [5.74, 6) is 0.0219. The first-order chi connectivity index (χ1) is 9.25. The molecule has 0 radical (unpaired) electrons. The van der Waals surface area contributed by atoms with Crippen molar-refractivity contribution in [2.24, 2.45) is 0 Å². The van der Waals surface area contributed by atoms with Gasteiger partial charge in [-0.25, -0.2) is 4.68 Å². The zero-order valence-electron chi connectivity index (χ0n) is 11.2. The molecule has 1 aromatic heterocycles. The van der Waals surface area contributed by atoms with Gasteiger partial charge in [-0.15, -0.1) is 12.4 Å². The molecule has 1 aromatic carbocycles. The molecule has 1 aliphatic heterocycles. The van der Waals surface area contributed by atoms with E-state index < -0.39 is 0 Å². The third-order valence-electron chi connectivity index (χ3n) is 3.48. The molecule has 1 saturated heterocycles. The largest absolute Gasteiger partial charge is 0.336 e. The van der Waals surface area contributed by atoms with Crippen molar-refractivity contribution in [3.05, 3.63) is 48.3 Å². The zero-order valence-corrected chi connectivity index (χ0v) is 12.0. The number of halogens is 1. The maximum absolute atomic E-state index is 12.3. The van der Waals surface area contributed by atoms with Gasteiger partial charge in [0.05, 0.1) is 23.5 Å². The van der Waals surface area contributed by atoms with Gasteiger partial charge in [-0.2, -0.15) is 5.10 Å². The summed E-state index contributed by atoms with van der Waals surface area (Å²) >= 11 is 0. The number of amides is 1. The normalized spacial score (nSPS) is 14.2. The Bertz CT molecular complexity index is 580. The Morgan fingerprint density at radius 1 is 1.35 bits per heavy atom. The van der Waals surface area contributed by atoms with Crippen LogP contribution in [0.15, 0.2) is 42.7 Å². The number of carbonyl (C=O) groups excluding carboxylic acids is 1. The standard InChI is InChI=1S/C14H16N4O.ClH/c1-17(13-8-15-9-13)14(19)11-7-16-18(10-11)12-5-3-2-4-6-12;/h2-7,10,13,15H,8-9H2,1H3;1H. The molecular weight excluding hydrogens is 276 g/mol. The van der Waals surface area contributed by atoms with Crippen LogP contribution in [0.2, 0.25) is 0 Å². The maximum Gasteiger partial charge on any atom is 0.257 e. The topological polar surface area (TPSA) is 50.2 Å². The van der Waals surface area contributed by atoms with Crippen LogP contribution in [0, 0.1) is 0 Å². The lowest BCUT2D eigenvalue weighted by atomic mass is 10.1. The van der Waals surface area contributed by atoms with Gasteiger partial charge in [-0.05, 0) is 12.1 Å². The van der Waals surface area contributed by atoms with E-state index in [9.17, 15) is 4.79 Å². The number of para-hydroxylation sites is 1. The van der Waals surface area contributed by atoms with E-state index in [0.717, 1.165) is 18.8 Å². The number of carbonyl (C=O) groups is 1. The molecule has 3 rings (SSSR count). The summed E-state index contributed by atoms with van der Waals surface area (Å²) in [4.78, 5) is 14.0. The summed E-state index contributed by atoms with van der Waals surface area (Å²) in [6.07, 6.45) is 3.40. The van der Waals surface area contributed by atoms with E-state index in [1.807, 2.05) is 37.4 Å². The summed E-state index contributed by atoms with van der Waals surface area (Å²) in [6, 6.07) is 10.1. The van der Waals surface area contributed by atoms with Crippen molar-refractivity contribution in [2.75, 3.05) is 20.1 Å². The molecular formula is C14H17ClN4O. The first-order valence-corrected chi connectivity index (χ1v) is 6.33. The predicted molar refractivity (Wildman–Crippen MR) is 79.6 cm³/mol. The van der Waals surface area contributed by atoms with Crippen molar-refractivity contribution in [3.8, 4) is 5.69 Å². The van der Waals surface area contributed by atoms with Crippen molar-refractivity contribution in [1.29, 1.82) is 0 Å². The Balaban J connectivity index is 0.00000147. The number of rotatable bonds is 3. The fraction of sp³-hybridized carbons (Fsp3) is 0.286. The Morgan fingerprint density at radius 3 is 2.65 bits per heavy atom. The number of likely N-dealkylation sites (N-methyl/N-ethyl adjacent to an activating group) is 1. The fourth-order valence-corrected chi connectivity index (χ4v) is 2.07. The number of aromatic nitrogens is 2. The molecule has 0 spiro atoms. The number of hydrogen-bond donors (Lipinski definition) is 1. The second kappa shape index (κ2) is 6.07. The van der Waals surface area contributed by atoms with Gasteiger partial charge in [0.25, 0.3) is 5.91 Å². The van der Waals surface area contributed by atoms with E-state index in [2.05, 4.69) is 10.4 Å². The number of benzene rings is 1. The number of nitrogens with zero attached hydrogens (tertiary/aromatic N) is 3. The lowest BCUT2D eigenvalue weighted by molar-refractivity contribution is 0.0681. The van der Waals surface area contributed by atoms with Crippen LogP contribution in [0.3, 0.4) is 0 Å². The van der Waals surface area contributed by atoms with Crippen LogP contribution < -0.4 is 5.32 Å². The minimum Gasteiger partial charge on any atom is -0.336 e. The van der Waals surface area contributed by atoms with E-state index in [1.165, 1.54) is 0 Å². The van der Waals surface area contributed by atoms with Gasteiger partial charge < -0.3 is 10.2 Å². The molecule has 0 aliphatic carbocycles. The van der Waals surface area contributed by atoms with Gasteiger partial charge in [0.1, 0.15) is 0 Å². The summed E-state index contributed by atoms with van der Waals surface area (Å²) in [7, 11) is 1.84. The van der Waals surface area contributed by atoms with Crippen molar-refractivity contribution in [3.63, 3.8) is 0 Å². The Morgan fingerprint density at radius 2 is 2.05 bits per heavy atom. The zero-order chi connectivity index (χ0) is 13.2. The Kier molecular flexibility index (Phi) is 4.42. The molecule has 1 aliphatic rings. The summed E-state index contributed by atoms with van der Waals surface area (Å²) in [6.45, 7) is 1.74. The van der Waals surface area contributed by atoms with E-state index in [1.54, 1.807) is 22.0 Å². The van der Waals surface area contributed by atoms with Gasteiger partial charge in [-0.1, -0.05) is 18.2 Å². The SMILES string of the molecule is CN(C(=O)c1cnn(-c2ccccc2)c1)C1CNC1.Cl. The minimum absolute atomic E-state index is 0. The molecule has 2 aromatic rings. The number of hydrogen-bond acceptors (Lipinski definition) is 3.